The normalized spacial score (nSPS) is 19.4. The molecule has 0 saturated carbocycles. The molecule has 0 bridgehead atoms. The SMILES string of the molecule is CC/C=C\C1NC=C(c2cccc(C)c2)C=C1C. The highest BCUT2D eigenvalue weighted by Gasteiger charge is 2.11. The van der Waals surface area contributed by atoms with Crippen LogP contribution in [0.1, 0.15) is 31.4 Å². The topological polar surface area (TPSA) is 12.0 Å². The second-order valence-corrected chi connectivity index (χ2v) is 4.84. The lowest BCUT2D eigenvalue weighted by Crippen LogP contribution is -2.26. The molecule has 1 aromatic carbocycles. The molecule has 0 radical (unpaired) electrons. The van der Waals surface area contributed by atoms with Crippen LogP contribution in [0.25, 0.3) is 5.57 Å². The molecule has 0 saturated heterocycles. The Morgan fingerprint density at radius 2 is 2.11 bits per heavy atom. The molecule has 94 valence electrons. The summed E-state index contributed by atoms with van der Waals surface area (Å²) in [5.41, 5.74) is 5.20. The maximum atomic E-state index is 3.45. The third-order valence-electron chi connectivity index (χ3n) is 3.21. The minimum Gasteiger partial charge on any atom is -0.380 e. The lowest BCUT2D eigenvalue weighted by Gasteiger charge is -2.21. The van der Waals surface area contributed by atoms with Crippen molar-refractivity contribution >= 4 is 5.57 Å². The van der Waals surface area contributed by atoms with E-state index in [1.165, 1.54) is 22.3 Å². The molecular formula is C17H21N. The van der Waals surface area contributed by atoms with Gasteiger partial charge in [0.15, 0.2) is 0 Å². The summed E-state index contributed by atoms with van der Waals surface area (Å²) in [5, 5.41) is 3.45. The summed E-state index contributed by atoms with van der Waals surface area (Å²) in [7, 11) is 0. The Kier molecular flexibility index (Phi) is 4.03. The fourth-order valence-corrected chi connectivity index (χ4v) is 2.16. The first-order valence-corrected chi connectivity index (χ1v) is 6.59. The van der Waals surface area contributed by atoms with Gasteiger partial charge in [0, 0.05) is 6.20 Å². The van der Waals surface area contributed by atoms with E-state index >= 15 is 0 Å². The Morgan fingerprint density at radius 1 is 1.28 bits per heavy atom. The van der Waals surface area contributed by atoms with Crippen LogP contribution < -0.4 is 5.32 Å². The van der Waals surface area contributed by atoms with Crippen LogP contribution in [-0.4, -0.2) is 6.04 Å². The molecule has 1 heterocycles. The standard InChI is InChI=1S/C17H21N/c1-4-5-9-17-14(3)11-16(12-18-17)15-8-6-7-13(2)10-15/h5-12,17-18H,4H2,1-3H3/b9-5-. The Hall–Kier alpha value is -1.76. The fourth-order valence-electron chi connectivity index (χ4n) is 2.16. The molecule has 2 rings (SSSR count). The first-order chi connectivity index (χ1) is 8.70. The predicted octanol–water partition coefficient (Wildman–Crippen LogP) is 4.22. The molecule has 1 atom stereocenters. The van der Waals surface area contributed by atoms with Gasteiger partial charge in [-0.05, 0) is 37.0 Å². The zero-order valence-corrected chi connectivity index (χ0v) is 11.4. The molecule has 1 aromatic rings. The molecule has 0 aromatic heterocycles. The number of dihydropyridines is 1. The van der Waals surface area contributed by atoms with Gasteiger partial charge in [-0.25, -0.2) is 0 Å². The molecule has 1 nitrogen and oxygen atoms in total. The number of hydrogen-bond donors (Lipinski definition) is 1. The van der Waals surface area contributed by atoms with E-state index in [2.05, 4.69) is 74.8 Å². The first-order valence-electron chi connectivity index (χ1n) is 6.59. The van der Waals surface area contributed by atoms with Crippen LogP contribution >= 0.6 is 0 Å². The maximum Gasteiger partial charge on any atom is 0.0653 e. The summed E-state index contributed by atoms with van der Waals surface area (Å²) in [6.45, 7) is 6.47. The van der Waals surface area contributed by atoms with E-state index in [0.717, 1.165) is 6.42 Å². The highest BCUT2D eigenvalue weighted by atomic mass is 14.9. The average molecular weight is 239 g/mol. The van der Waals surface area contributed by atoms with Gasteiger partial charge in [-0.1, -0.05) is 55.0 Å². The van der Waals surface area contributed by atoms with E-state index in [4.69, 9.17) is 0 Å². The van der Waals surface area contributed by atoms with Crippen LogP contribution in [0.4, 0.5) is 0 Å². The number of allylic oxidation sites excluding steroid dienone is 3. The quantitative estimate of drug-likeness (QED) is 0.779. The highest BCUT2D eigenvalue weighted by Crippen LogP contribution is 2.22. The fraction of sp³-hybridized carbons (Fsp3) is 0.294. The summed E-state index contributed by atoms with van der Waals surface area (Å²) in [4.78, 5) is 0. The summed E-state index contributed by atoms with van der Waals surface area (Å²) in [6, 6.07) is 8.96. The van der Waals surface area contributed by atoms with Gasteiger partial charge in [-0.2, -0.15) is 0 Å². The van der Waals surface area contributed by atoms with E-state index < -0.39 is 0 Å². The minimum absolute atomic E-state index is 0.346. The Labute approximate surface area is 110 Å². The second-order valence-electron chi connectivity index (χ2n) is 4.84. The third-order valence-corrected chi connectivity index (χ3v) is 3.21. The van der Waals surface area contributed by atoms with Crippen LogP contribution in [0.3, 0.4) is 0 Å². The zero-order chi connectivity index (χ0) is 13.0. The van der Waals surface area contributed by atoms with Crippen LogP contribution in [-0.2, 0) is 0 Å². The van der Waals surface area contributed by atoms with Crippen molar-refractivity contribution in [2.75, 3.05) is 0 Å². The van der Waals surface area contributed by atoms with E-state index in [-0.39, 0.29) is 0 Å². The van der Waals surface area contributed by atoms with E-state index in [1.807, 2.05) is 0 Å². The molecule has 1 unspecified atom stereocenters. The van der Waals surface area contributed by atoms with Crippen LogP contribution in [0.5, 0.6) is 0 Å². The van der Waals surface area contributed by atoms with Gasteiger partial charge in [-0.3, -0.25) is 0 Å². The van der Waals surface area contributed by atoms with Crippen LogP contribution in [0.2, 0.25) is 0 Å². The van der Waals surface area contributed by atoms with Crippen molar-refractivity contribution in [2.24, 2.45) is 0 Å². The number of hydrogen-bond acceptors (Lipinski definition) is 1. The Bertz CT molecular complexity index is 506. The molecular weight excluding hydrogens is 218 g/mol. The summed E-state index contributed by atoms with van der Waals surface area (Å²) in [6.07, 6.45) is 9.91. The summed E-state index contributed by atoms with van der Waals surface area (Å²) < 4.78 is 0. The zero-order valence-electron chi connectivity index (χ0n) is 11.4. The molecule has 1 aliphatic heterocycles. The number of benzene rings is 1. The summed E-state index contributed by atoms with van der Waals surface area (Å²) >= 11 is 0. The van der Waals surface area contributed by atoms with E-state index in [9.17, 15) is 0 Å². The van der Waals surface area contributed by atoms with Gasteiger partial charge in [0.25, 0.3) is 0 Å². The molecule has 1 aliphatic rings. The first kappa shape index (κ1) is 12.7. The predicted molar refractivity (Wildman–Crippen MR) is 79.3 cm³/mol. The third kappa shape index (κ3) is 2.92. The van der Waals surface area contributed by atoms with Crippen molar-refractivity contribution < 1.29 is 0 Å². The second kappa shape index (κ2) is 5.72. The number of rotatable bonds is 3. The lowest BCUT2D eigenvalue weighted by atomic mass is 9.96. The summed E-state index contributed by atoms with van der Waals surface area (Å²) in [5.74, 6) is 0. The molecule has 1 N–H and O–H groups in total. The van der Waals surface area contributed by atoms with Crippen molar-refractivity contribution in [3.63, 3.8) is 0 Å². The smallest absolute Gasteiger partial charge is 0.0653 e. The van der Waals surface area contributed by atoms with Crippen LogP contribution in [0, 0.1) is 6.92 Å². The molecule has 0 fully saturated rings. The largest absolute Gasteiger partial charge is 0.380 e. The minimum atomic E-state index is 0.346. The molecule has 0 spiro atoms. The van der Waals surface area contributed by atoms with Crippen molar-refractivity contribution in [1.29, 1.82) is 0 Å². The monoisotopic (exact) mass is 239 g/mol. The van der Waals surface area contributed by atoms with Crippen LogP contribution in [0.15, 0.2) is 54.3 Å². The van der Waals surface area contributed by atoms with Crippen molar-refractivity contribution in [2.45, 2.75) is 33.2 Å². The van der Waals surface area contributed by atoms with Gasteiger partial charge in [-0.15, -0.1) is 0 Å². The van der Waals surface area contributed by atoms with E-state index in [1.54, 1.807) is 0 Å². The highest BCUT2D eigenvalue weighted by molar-refractivity contribution is 5.76. The Morgan fingerprint density at radius 3 is 2.78 bits per heavy atom. The molecule has 18 heavy (non-hydrogen) atoms. The van der Waals surface area contributed by atoms with Gasteiger partial charge in [0.2, 0.25) is 0 Å². The lowest BCUT2D eigenvalue weighted by molar-refractivity contribution is 0.782. The molecule has 0 aliphatic carbocycles. The number of aryl methyl sites for hydroxylation is 1. The average Bonchev–Trinajstić information content (AvgIpc) is 2.37. The van der Waals surface area contributed by atoms with Crippen molar-refractivity contribution in [3.05, 3.63) is 65.4 Å². The van der Waals surface area contributed by atoms with Gasteiger partial charge < -0.3 is 5.32 Å². The maximum absolute atomic E-state index is 3.45. The van der Waals surface area contributed by atoms with E-state index in [0.29, 0.717) is 6.04 Å². The Balaban J connectivity index is 2.20. The molecule has 1 heteroatoms. The molecule has 0 amide bonds. The van der Waals surface area contributed by atoms with Gasteiger partial charge in [0.1, 0.15) is 0 Å². The van der Waals surface area contributed by atoms with Gasteiger partial charge >= 0.3 is 0 Å². The van der Waals surface area contributed by atoms with Gasteiger partial charge in [0.05, 0.1) is 6.04 Å². The number of nitrogens with one attached hydrogen (secondary N) is 1. The van der Waals surface area contributed by atoms with Crippen molar-refractivity contribution in [3.8, 4) is 0 Å². The van der Waals surface area contributed by atoms with Crippen molar-refractivity contribution in [1.82, 2.24) is 5.32 Å².